The Kier molecular flexibility index (Phi) is 5.51. The third-order valence-corrected chi connectivity index (χ3v) is 7.71. The maximum absolute atomic E-state index is 12.9. The predicted octanol–water partition coefficient (Wildman–Crippen LogP) is 4.14. The highest BCUT2D eigenvalue weighted by Crippen LogP contribution is 2.32. The molecule has 1 fully saturated rings. The van der Waals surface area contributed by atoms with Gasteiger partial charge in [0.15, 0.2) is 0 Å². The number of sulfonamides is 1. The fourth-order valence-electron chi connectivity index (χ4n) is 2.97. The Morgan fingerprint density at radius 2 is 2.00 bits per heavy atom. The normalized spacial score (nSPS) is 17.8. The van der Waals surface area contributed by atoms with Crippen molar-refractivity contribution < 1.29 is 8.42 Å². The van der Waals surface area contributed by atoms with Crippen LogP contribution in [-0.2, 0) is 15.9 Å². The van der Waals surface area contributed by atoms with Crippen LogP contribution in [0.2, 0.25) is 0 Å². The number of aryl methyl sites for hydroxylation is 1. The second-order valence-corrected chi connectivity index (χ2v) is 8.73. The summed E-state index contributed by atoms with van der Waals surface area (Å²) in [4.78, 5) is 2.21. The zero-order valence-electron chi connectivity index (χ0n) is 12.1. The molecule has 1 aliphatic carbocycles. The molecule has 114 valence electrons. The Labute approximate surface area is 131 Å². The lowest BCUT2D eigenvalue weighted by Gasteiger charge is -2.32. The van der Waals surface area contributed by atoms with Gasteiger partial charge in [-0.15, -0.1) is 22.9 Å². The van der Waals surface area contributed by atoms with E-state index in [1.54, 1.807) is 10.4 Å². The van der Waals surface area contributed by atoms with Crippen molar-refractivity contribution in [2.45, 2.75) is 62.8 Å². The van der Waals surface area contributed by atoms with E-state index in [1.165, 1.54) is 17.8 Å². The highest BCUT2D eigenvalue weighted by molar-refractivity contribution is 7.89. The summed E-state index contributed by atoms with van der Waals surface area (Å²) in [6.07, 6.45) is 5.46. The first kappa shape index (κ1) is 16.3. The third-order valence-electron chi connectivity index (χ3n) is 3.94. The topological polar surface area (TPSA) is 37.4 Å². The van der Waals surface area contributed by atoms with Gasteiger partial charge < -0.3 is 0 Å². The fraction of sp³-hybridized carbons (Fsp3) is 0.714. The molecular formula is C14H22ClNO2S2. The average molecular weight is 336 g/mol. The van der Waals surface area contributed by atoms with E-state index in [0.29, 0.717) is 17.3 Å². The average Bonchev–Trinajstić information content (AvgIpc) is 2.82. The lowest BCUT2D eigenvalue weighted by molar-refractivity contribution is 0.261. The zero-order chi connectivity index (χ0) is 14.8. The standard InChI is InChI=1S/C14H22ClNO2S2/c1-3-16(12-7-5-4-6-8-12)20(17,18)14-9-13(10-15)19-11(14)2/h9,12H,3-8,10H2,1-2H3. The van der Waals surface area contributed by atoms with Gasteiger partial charge in [0.2, 0.25) is 10.0 Å². The molecule has 0 aliphatic heterocycles. The van der Waals surface area contributed by atoms with Gasteiger partial charge in [-0.3, -0.25) is 0 Å². The van der Waals surface area contributed by atoms with Gasteiger partial charge in [0.05, 0.1) is 10.8 Å². The van der Waals surface area contributed by atoms with Crippen molar-refractivity contribution in [1.82, 2.24) is 4.31 Å². The molecule has 3 nitrogen and oxygen atoms in total. The van der Waals surface area contributed by atoms with Gasteiger partial charge in [-0.25, -0.2) is 8.42 Å². The molecule has 0 aromatic carbocycles. The summed E-state index contributed by atoms with van der Waals surface area (Å²) in [6.45, 7) is 4.33. The molecule has 0 unspecified atom stereocenters. The summed E-state index contributed by atoms with van der Waals surface area (Å²) in [5, 5.41) is 0. The van der Waals surface area contributed by atoms with Crippen LogP contribution in [0.5, 0.6) is 0 Å². The molecule has 0 saturated heterocycles. The van der Waals surface area contributed by atoms with Gasteiger partial charge in [0.1, 0.15) is 0 Å². The summed E-state index contributed by atoms with van der Waals surface area (Å²) >= 11 is 7.30. The minimum atomic E-state index is -3.39. The number of alkyl halides is 1. The molecule has 0 amide bonds. The van der Waals surface area contributed by atoms with Crippen molar-refractivity contribution in [3.63, 3.8) is 0 Å². The summed E-state index contributed by atoms with van der Waals surface area (Å²) in [6, 6.07) is 1.91. The van der Waals surface area contributed by atoms with E-state index in [9.17, 15) is 8.42 Å². The first-order valence-electron chi connectivity index (χ1n) is 7.17. The fourth-order valence-corrected chi connectivity index (χ4v) is 6.36. The van der Waals surface area contributed by atoms with E-state index in [2.05, 4.69) is 0 Å². The van der Waals surface area contributed by atoms with Crippen LogP contribution in [0.3, 0.4) is 0 Å². The molecule has 1 saturated carbocycles. The maximum Gasteiger partial charge on any atom is 0.244 e. The molecule has 1 aromatic heterocycles. The SMILES string of the molecule is CCN(C1CCCCC1)S(=O)(=O)c1cc(CCl)sc1C. The van der Waals surface area contributed by atoms with Crippen LogP contribution in [-0.4, -0.2) is 25.3 Å². The van der Waals surface area contributed by atoms with Gasteiger partial charge in [0, 0.05) is 22.3 Å². The van der Waals surface area contributed by atoms with E-state index >= 15 is 0 Å². The molecule has 0 bridgehead atoms. The molecule has 0 N–H and O–H groups in total. The number of hydrogen-bond acceptors (Lipinski definition) is 3. The van der Waals surface area contributed by atoms with Crippen molar-refractivity contribution in [2.75, 3.05) is 6.54 Å². The molecule has 2 rings (SSSR count). The van der Waals surface area contributed by atoms with Crippen LogP contribution < -0.4 is 0 Å². The minimum absolute atomic E-state index is 0.164. The molecule has 0 spiro atoms. The van der Waals surface area contributed by atoms with Gasteiger partial charge >= 0.3 is 0 Å². The van der Waals surface area contributed by atoms with Crippen molar-refractivity contribution in [2.24, 2.45) is 0 Å². The Hall–Kier alpha value is -0.100. The highest BCUT2D eigenvalue weighted by Gasteiger charge is 2.32. The second-order valence-electron chi connectivity index (χ2n) is 5.27. The van der Waals surface area contributed by atoms with Crippen LogP contribution in [0.25, 0.3) is 0 Å². The minimum Gasteiger partial charge on any atom is -0.207 e. The Bertz CT molecular complexity index is 548. The molecule has 0 radical (unpaired) electrons. The van der Waals surface area contributed by atoms with E-state index in [-0.39, 0.29) is 6.04 Å². The lowest BCUT2D eigenvalue weighted by Crippen LogP contribution is -2.41. The third kappa shape index (κ3) is 3.21. The predicted molar refractivity (Wildman–Crippen MR) is 85.1 cm³/mol. The number of halogens is 1. The van der Waals surface area contributed by atoms with E-state index in [0.717, 1.165) is 35.4 Å². The second kappa shape index (κ2) is 6.77. The van der Waals surface area contributed by atoms with Crippen LogP contribution in [0.15, 0.2) is 11.0 Å². The Balaban J connectivity index is 2.32. The monoisotopic (exact) mass is 335 g/mol. The van der Waals surface area contributed by atoms with Gasteiger partial charge in [-0.2, -0.15) is 4.31 Å². The molecule has 1 aromatic rings. The summed E-state index contributed by atoms with van der Waals surface area (Å²) < 4.78 is 27.5. The van der Waals surface area contributed by atoms with E-state index < -0.39 is 10.0 Å². The number of rotatable bonds is 5. The quantitative estimate of drug-likeness (QED) is 0.758. The molecular weight excluding hydrogens is 314 g/mol. The number of thiophene rings is 1. The molecule has 1 heterocycles. The first-order chi connectivity index (χ1) is 9.50. The lowest BCUT2D eigenvalue weighted by atomic mass is 9.95. The summed E-state index contributed by atoms with van der Waals surface area (Å²) in [7, 11) is -3.39. The van der Waals surface area contributed by atoms with Crippen LogP contribution in [0.1, 0.15) is 48.8 Å². The van der Waals surface area contributed by atoms with Crippen molar-refractivity contribution in [1.29, 1.82) is 0 Å². The van der Waals surface area contributed by atoms with Gasteiger partial charge in [-0.1, -0.05) is 26.2 Å². The number of hydrogen-bond donors (Lipinski definition) is 0. The molecule has 0 atom stereocenters. The summed E-state index contributed by atoms with van der Waals surface area (Å²) in [5.74, 6) is 0.372. The van der Waals surface area contributed by atoms with Crippen molar-refractivity contribution in [3.8, 4) is 0 Å². The van der Waals surface area contributed by atoms with Crippen molar-refractivity contribution >= 4 is 33.0 Å². The zero-order valence-corrected chi connectivity index (χ0v) is 14.5. The first-order valence-corrected chi connectivity index (χ1v) is 9.97. The van der Waals surface area contributed by atoms with Gasteiger partial charge in [0.25, 0.3) is 0 Å². The van der Waals surface area contributed by atoms with E-state index in [4.69, 9.17) is 11.6 Å². The Morgan fingerprint density at radius 1 is 1.35 bits per heavy atom. The molecule has 1 aliphatic rings. The molecule has 20 heavy (non-hydrogen) atoms. The van der Waals surface area contributed by atoms with E-state index in [1.807, 2.05) is 13.8 Å². The van der Waals surface area contributed by atoms with Gasteiger partial charge in [-0.05, 0) is 25.8 Å². The van der Waals surface area contributed by atoms with Crippen molar-refractivity contribution in [3.05, 3.63) is 15.8 Å². The van der Waals surface area contributed by atoms with Crippen LogP contribution in [0.4, 0.5) is 0 Å². The van der Waals surface area contributed by atoms with Crippen LogP contribution >= 0.6 is 22.9 Å². The highest BCUT2D eigenvalue weighted by atomic mass is 35.5. The molecule has 6 heteroatoms. The Morgan fingerprint density at radius 3 is 2.50 bits per heavy atom. The van der Waals surface area contributed by atoms with Crippen LogP contribution in [0, 0.1) is 6.92 Å². The smallest absolute Gasteiger partial charge is 0.207 e. The summed E-state index contributed by atoms with van der Waals surface area (Å²) in [5.41, 5.74) is 0. The number of nitrogens with zero attached hydrogens (tertiary/aromatic N) is 1. The largest absolute Gasteiger partial charge is 0.244 e. The maximum atomic E-state index is 12.9.